The topological polar surface area (TPSA) is 71.3 Å². The molecular weight excluding hydrogens is 328 g/mol. The molecule has 126 valence electrons. The third-order valence-electron chi connectivity index (χ3n) is 4.47. The van der Waals surface area contributed by atoms with Gasteiger partial charge in [0, 0.05) is 23.2 Å². The number of aryl methyl sites for hydroxylation is 1. The van der Waals surface area contributed by atoms with E-state index in [4.69, 9.17) is 11.6 Å². The Morgan fingerprint density at radius 1 is 1.38 bits per heavy atom. The zero-order chi connectivity index (χ0) is 17.3. The maximum absolute atomic E-state index is 10.9. The molecule has 0 saturated carbocycles. The van der Waals surface area contributed by atoms with Crippen molar-refractivity contribution in [1.82, 2.24) is 9.88 Å². The number of likely N-dealkylation sites (tertiary alicyclic amines) is 1. The summed E-state index contributed by atoms with van der Waals surface area (Å²) in [7, 11) is 2.09. The Morgan fingerprint density at radius 3 is 2.71 bits per heavy atom. The van der Waals surface area contributed by atoms with Gasteiger partial charge >= 0.3 is 0 Å². The fraction of sp³-hybridized carbons (Fsp3) is 0.353. The van der Waals surface area contributed by atoms with Crippen molar-refractivity contribution < 1.29 is 4.92 Å². The summed E-state index contributed by atoms with van der Waals surface area (Å²) in [6, 6.07) is 10.00. The molecule has 0 aliphatic carbocycles. The van der Waals surface area contributed by atoms with Crippen LogP contribution in [0.2, 0.25) is 5.02 Å². The van der Waals surface area contributed by atoms with Crippen LogP contribution in [-0.2, 0) is 0 Å². The quantitative estimate of drug-likeness (QED) is 0.673. The molecule has 24 heavy (non-hydrogen) atoms. The van der Waals surface area contributed by atoms with Gasteiger partial charge in [0.2, 0.25) is 0 Å². The second-order valence-corrected chi connectivity index (χ2v) is 6.57. The number of nitro groups is 1. The molecule has 1 aliphatic rings. The average molecular weight is 347 g/mol. The number of nitrogens with one attached hydrogen (secondary N) is 1. The molecule has 2 aromatic rings. The number of nitrogens with zero attached hydrogens (tertiary/aromatic N) is 3. The summed E-state index contributed by atoms with van der Waals surface area (Å²) in [5.74, 6) is 0.664. The van der Waals surface area contributed by atoms with Crippen molar-refractivity contribution in [2.24, 2.45) is 0 Å². The van der Waals surface area contributed by atoms with E-state index in [0.29, 0.717) is 11.4 Å². The van der Waals surface area contributed by atoms with Crippen LogP contribution in [0.25, 0.3) is 0 Å². The molecule has 1 N–H and O–H groups in total. The highest BCUT2D eigenvalue weighted by Gasteiger charge is 2.33. The number of hydrogen-bond donors (Lipinski definition) is 1. The van der Waals surface area contributed by atoms with E-state index in [1.54, 1.807) is 13.0 Å². The highest BCUT2D eigenvalue weighted by atomic mass is 35.5. The van der Waals surface area contributed by atoms with Gasteiger partial charge in [0.25, 0.3) is 5.69 Å². The van der Waals surface area contributed by atoms with Crippen molar-refractivity contribution in [1.29, 1.82) is 0 Å². The van der Waals surface area contributed by atoms with Gasteiger partial charge in [0.1, 0.15) is 12.0 Å². The Balaban J connectivity index is 1.82. The van der Waals surface area contributed by atoms with Gasteiger partial charge in [-0.05, 0) is 44.2 Å². The van der Waals surface area contributed by atoms with Crippen molar-refractivity contribution in [2.45, 2.75) is 25.4 Å². The van der Waals surface area contributed by atoms with E-state index in [9.17, 15) is 10.1 Å². The van der Waals surface area contributed by atoms with Crippen molar-refractivity contribution in [3.05, 3.63) is 62.8 Å². The SMILES string of the molecule is Cc1cc(NC2CCN(C)C2c2ccc(Cl)cc2)ncc1[N+](=O)[O-]. The highest BCUT2D eigenvalue weighted by Crippen LogP contribution is 2.33. The summed E-state index contributed by atoms with van der Waals surface area (Å²) in [6.45, 7) is 2.69. The van der Waals surface area contributed by atoms with E-state index in [1.165, 1.54) is 11.8 Å². The standard InChI is InChI=1S/C17H19ClN4O2/c1-11-9-16(19-10-15(11)22(23)24)20-14-7-8-21(2)17(14)12-3-5-13(18)6-4-12/h3-6,9-10,14,17H,7-8H2,1-2H3,(H,19,20). The van der Waals surface area contributed by atoms with Crippen LogP contribution in [0.1, 0.15) is 23.6 Å². The number of pyridine rings is 1. The molecule has 1 fully saturated rings. The number of hydrogen-bond acceptors (Lipinski definition) is 5. The van der Waals surface area contributed by atoms with E-state index in [-0.39, 0.29) is 17.8 Å². The van der Waals surface area contributed by atoms with Gasteiger partial charge < -0.3 is 5.32 Å². The number of benzene rings is 1. The van der Waals surface area contributed by atoms with Crippen LogP contribution in [0.5, 0.6) is 0 Å². The zero-order valence-corrected chi connectivity index (χ0v) is 14.3. The predicted molar refractivity (Wildman–Crippen MR) is 94.5 cm³/mol. The summed E-state index contributed by atoms with van der Waals surface area (Å²) >= 11 is 5.98. The Morgan fingerprint density at radius 2 is 2.08 bits per heavy atom. The summed E-state index contributed by atoms with van der Waals surface area (Å²) < 4.78 is 0. The lowest BCUT2D eigenvalue weighted by molar-refractivity contribution is -0.385. The average Bonchev–Trinajstić information content (AvgIpc) is 2.89. The lowest BCUT2D eigenvalue weighted by atomic mass is 10.00. The molecule has 2 heterocycles. The van der Waals surface area contributed by atoms with Crippen molar-refractivity contribution in [3.63, 3.8) is 0 Å². The number of aromatic nitrogens is 1. The fourth-order valence-corrected chi connectivity index (χ4v) is 3.38. The molecule has 0 radical (unpaired) electrons. The summed E-state index contributed by atoms with van der Waals surface area (Å²) in [4.78, 5) is 17.0. The first-order valence-corrected chi connectivity index (χ1v) is 8.17. The first-order valence-electron chi connectivity index (χ1n) is 7.79. The smallest absolute Gasteiger partial charge is 0.290 e. The van der Waals surface area contributed by atoms with E-state index >= 15 is 0 Å². The first kappa shape index (κ1) is 16.7. The van der Waals surface area contributed by atoms with Crippen molar-refractivity contribution >= 4 is 23.1 Å². The first-order chi connectivity index (χ1) is 11.5. The van der Waals surface area contributed by atoms with E-state index in [0.717, 1.165) is 18.0 Å². The zero-order valence-electron chi connectivity index (χ0n) is 13.6. The third kappa shape index (κ3) is 3.34. The predicted octanol–water partition coefficient (Wildman–Crippen LogP) is 3.81. The van der Waals surface area contributed by atoms with Gasteiger partial charge in [-0.2, -0.15) is 0 Å². The van der Waals surface area contributed by atoms with Gasteiger partial charge in [-0.25, -0.2) is 4.98 Å². The molecular formula is C17H19ClN4O2. The molecule has 2 unspecified atom stereocenters. The minimum absolute atomic E-state index is 0.0401. The van der Waals surface area contributed by atoms with Crippen molar-refractivity contribution in [2.75, 3.05) is 18.9 Å². The Labute approximate surface area is 145 Å². The number of rotatable bonds is 4. The minimum Gasteiger partial charge on any atom is -0.365 e. The Hall–Kier alpha value is -2.18. The Bertz CT molecular complexity index is 751. The minimum atomic E-state index is -0.411. The summed E-state index contributed by atoms with van der Waals surface area (Å²) in [6.07, 6.45) is 2.29. The molecule has 0 amide bonds. The fourth-order valence-electron chi connectivity index (χ4n) is 3.25. The largest absolute Gasteiger partial charge is 0.365 e. The second-order valence-electron chi connectivity index (χ2n) is 6.13. The van der Waals surface area contributed by atoms with Gasteiger partial charge in [0.05, 0.1) is 11.0 Å². The summed E-state index contributed by atoms with van der Waals surface area (Å²) in [5, 5.41) is 15.1. The number of halogens is 1. The van der Waals surface area contributed by atoms with Crippen molar-refractivity contribution in [3.8, 4) is 0 Å². The van der Waals surface area contributed by atoms with Crippen LogP contribution in [0.4, 0.5) is 11.5 Å². The molecule has 1 aromatic heterocycles. The molecule has 0 bridgehead atoms. The molecule has 2 atom stereocenters. The van der Waals surface area contributed by atoms with Gasteiger partial charge in [0.15, 0.2) is 0 Å². The van der Waals surface area contributed by atoms with Gasteiger partial charge in [-0.15, -0.1) is 0 Å². The van der Waals surface area contributed by atoms with Crippen LogP contribution in [0.15, 0.2) is 36.5 Å². The highest BCUT2D eigenvalue weighted by molar-refractivity contribution is 6.30. The normalized spacial score (nSPS) is 21.0. The van der Waals surface area contributed by atoms with E-state index in [2.05, 4.69) is 22.2 Å². The molecule has 6 nitrogen and oxygen atoms in total. The third-order valence-corrected chi connectivity index (χ3v) is 4.73. The van der Waals surface area contributed by atoms with Crippen LogP contribution >= 0.6 is 11.6 Å². The van der Waals surface area contributed by atoms with Crippen LogP contribution in [-0.4, -0.2) is 34.4 Å². The summed E-state index contributed by atoms with van der Waals surface area (Å²) in [5.41, 5.74) is 1.83. The maximum atomic E-state index is 10.9. The monoisotopic (exact) mass is 346 g/mol. The van der Waals surface area contributed by atoms with E-state index in [1.807, 2.05) is 24.3 Å². The molecule has 1 saturated heterocycles. The number of anilines is 1. The van der Waals surface area contributed by atoms with Gasteiger partial charge in [-0.1, -0.05) is 23.7 Å². The van der Waals surface area contributed by atoms with Gasteiger partial charge in [-0.3, -0.25) is 15.0 Å². The second kappa shape index (κ2) is 6.75. The van der Waals surface area contributed by atoms with Crippen LogP contribution in [0.3, 0.4) is 0 Å². The van der Waals surface area contributed by atoms with Crippen LogP contribution < -0.4 is 5.32 Å². The van der Waals surface area contributed by atoms with E-state index < -0.39 is 4.92 Å². The molecule has 3 rings (SSSR count). The van der Waals surface area contributed by atoms with Crippen LogP contribution in [0, 0.1) is 17.0 Å². The molecule has 1 aromatic carbocycles. The Kier molecular flexibility index (Phi) is 4.69. The molecule has 1 aliphatic heterocycles. The maximum Gasteiger partial charge on any atom is 0.290 e. The lowest BCUT2D eigenvalue weighted by Gasteiger charge is -2.26. The molecule has 7 heteroatoms. The number of likely N-dealkylation sites (N-methyl/N-ethyl adjacent to an activating group) is 1. The lowest BCUT2D eigenvalue weighted by Crippen LogP contribution is -2.29. The molecule has 0 spiro atoms.